The summed E-state index contributed by atoms with van der Waals surface area (Å²) < 4.78 is 51.5. The Hall–Kier alpha value is -0.800. The SMILES string of the molecule is COc1nc(C(F)F)cc(Br)c1S(N)(=O)=O. The molecule has 0 saturated carbocycles. The van der Waals surface area contributed by atoms with E-state index < -0.39 is 32.9 Å². The van der Waals surface area contributed by atoms with E-state index >= 15 is 0 Å². The number of nitrogens with zero attached hydrogens (tertiary/aromatic N) is 1. The molecule has 5 nitrogen and oxygen atoms in total. The molecule has 0 aliphatic carbocycles. The van der Waals surface area contributed by atoms with Gasteiger partial charge in [-0.25, -0.2) is 27.3 Å². The molecule has 2 N–H and O–H groups in total. The molecule has 0 amide bonds. The average molecular weight is 317 g/mol. The quantitative estimate of drug-likeness (QED) is 0.914. The van der Waals surface area contributed by atoms with Crippen LogP contribution in [0.1, 0.15) is 12.1 Å². The fourth-order valence-corrected chi connectivity index (χ4v) is 2.79. The van der Waals surface area contributed by atoms with Crippen LogP contribution in [0.5, 0.6) is 5.88 Å². The number of sulfonamides is 1. The third kappa shape index (κ3) is 2.66. The molecular weight excluding hydrogens is 310 g/mol. The molecule has 0 bridgehead atoms. The number of pyridine rings is 1. The van der Waals surface area contributed by atoms with Crippen molar-refractivity contribution in [2.45, 2.75) is 11.3 Å². The maximum Gasteiger partial charge on any atom is 0.280 e. The molecule has 1 aromatic rings. The summed E-state index contributed by atoms with van der Waals surface area (Å²) in [7, 11) is -2.99. The van der Waals surface area contributed by atoms with Gasteiger partial charge in [0.1, 0.15) is 5.69 Å². The molecule has 0 aliphatic heterocycles. The maximum absolute atomic E-state index is 12.4. The average Bonchev–Trinajstić information content (AvgIpc) is 2.14. The van der Waals surface area contributed by atoms with Gasteiger partial charge in [0.15, 0.2) is 4.90 Å². The number of aromatic nitrogens is 1. The van der Waals surface area contributed by atoms with Gasteiger partial charge in [0.2, 0.25) is 15.9 Å². The van der Waals surface area contributed by atoms with Crippen LogP contribution in [-0.2, 0) is 10.0 Å². The van der Waals surface area contributed by atoms with E-state index in [9.17, 15) is 17.2 Å². The van der Waals surface area contributed by atoms with Crippen LogP contribution in [0.2, 0.25) is 0 Å². The van der Waals surface area contributed by atoms with Crippen molar-refractivity contribution < 1.29 is 21.9 Å². The smallest absolute Gasteiger partial charge is 0.280 e. The van der Waals surface area contributed by atoms with Crippen LogP contribution < -0.4 is 9.88 Å². The summed E-state index contributed by atoms with van der Waals surface area (Å²) >= 11 is 2.83. The molecule has 0 spiro atoms. The lowest BCUT2D eigenvalue weighted by Gasteiger charge is -2.09. The molecule has 0 saturated heterocycles. The molecule has 1 rings (SSSR count). The van der Waals surface area contributed by atoms with E-state index in [-0.39, 0.29) is 4.47 Å². The lowest BCUT2D eigenvalue weighted by Crippen LogP contribution is -2.15. The zero-order valence-electron chi connectivity index (χ0n) is 7.95. The molecule has 90 valence electrons. The molecule has 0 atom stereocenters. The van der Waals surface area contributed by atoms with E-state index in [1.807, 2.05) is 0 Å². The Labute approximate surface area is 98.8 Å². The number of hydrogen-bond acceptors (Lipinski definition) is 4. The van der Waals surface area contributed by atoms with Gasteiger partial charge in [0.05, 0.1) is 7.11 Å². The number of alkyl halides is 2. The van der Waals surface area contributed by atoms with Gasteiger partial charge in [0, 0.05) is 4.47 Å². The minimum atomic E-state index is -4.10. The van der Waals surface area contributed by atoms with Gasteiger partial charge in [-0.2, -0.15) is 0 Å². The maximum atomic E-state index is 12.4. The second-order valence-electron chi connectivity index (χ2n) is 2.71. The van der Waals surface area contributed by atoms with Gasteiger partial charge >= 0.3 is 0 Å². The molecule has 1 heterocycles. The monoisotopic (exact) mass is 316 g/mol. The molecule has 0 aliphatic rings. The third-order valence-electron chi connectivity index (χ3n) is 1.62. The Morgan fingerprint density at radius 2 is 2.12 bits per heavy atom. The fourth-order valence-electron chi connectivity index (χ4n) is 1.01. The molecule has 0 unspecified atom stereocenters. The van der Waals surface area contributed by atoms with Crippen LogP contribution in [0.25, 0.3) is 0 Å². The summed E-state index contributed by atoms with van der Waals surface area (Å²) in [5.74, 6) is -0.466. The second kappa shape index (κ2) is 4.60. The van der Waals surface area contributed by atoms with E-state index in [1.165, 1.54) is 0 Å². The summed E-state index contributed by atoms with van der Waals surface area (Å²) in [6, 6.07) is 0.882. The van der Waals surface area contributed by atoms with Crippen molar-refractivity contribution in [3.8, 4) is 5.88 Å². The highest BCUT2D eigenvalue weighted by Crippen LogP contribution is 2.32. The number of rotatable bonds is 3. The van der Waals surface area contributed by atoms with E-state index in [2.05, 4.69) is 25.7 Å². The van der Waals surface area contributed by atoms with Crippen LogP contribution in [-0.4, -0.2) is 20.5 Å². The zero-order chi connectivity index (χ0) is 12.5. The lowest BCUT2D eigenvalue weighted by molar-refractivity contribution is 0.144. The summed E-state index contributed by atoms with van der Waals surface area (Å²) in [4.78, 5) is 2.90. The molecule has 0 fully saturated rings. The first-order chi connectivity index (χ1) is 7.27. The first kappa shape index (κ1) is 13.3. The van der Waals surface area contributed by atoms with Gasteiger partial charge in [-0.3, -0.25) is 0 Å². The van der Waals surface area contributed by atoms with Gasteiger partial charge in [-0.15, -0.1) is 0 Å². The van der Waals surface area contributed by atoms with Gasteiger partial charge in [0.25, 0.3) is 6.43 Å². The topological polar surface area (TPSA) is 82.3 Å². The standard InChI is InChI=1S/C7H7BrF2N2O3S/c1-15-7-5(16(11,13)14)3(8)2-4(12-7)6(9)10/h2,6H,1H3,(H2,11,13,14). The molecular formula is C7H7BrF2N2O3S. The normalized spacial score (nSPS) is 11.9. The zero-order valence-corrected chi connectivity index (χ0v) is 10.3. The van der Waals surface area contributed by atoms with E-state index in [1.54, 1.807) is 0 Å². The Kier molecular flexibility index (Phi) is 3.81. The molecule has 9 heteroatoms. The van der Waals surface area contributed by atoms with Crippen molar-refractivity contribution in [1.29, 1.82) is 0 Å². The third-order valence-corrected chi connectivity index (χ3v) is 3.47. The molecule has 0 aromatic carbocycles. The first-order valence-corrected chi connectivity index (χ1v) is 6.16. The summed E-state index contributed by atoms with van der Waals surface area (Å²) in [5.41, 5.74) is -0.601. The molecule has 0 radical (unpaired) electrons. The number of hydrogen-bond donors (Lipinski definition) is 1. The van der Waals surface area contributed by atoms with Crippen LogP contribution in [0, 0.1) is 0 Å². The van der Waals surface area contributed by atoms with Gasteiger partial charge in [-0.05, 0) is 22.0 Å². The van der Waals surface area contributed by atoms with Gasteiger partial charge < -0.3 is 4.74 Å². The van der Waals surface area contributed by atoms with Crippen LogP contribution in [0.15, 0.2) is 15.4 Å². The fraction of sp³-hybridized carbons (Fsp3) is 0.286. The van der Waals surface area contributed by atoms with Crippen molar-refractivity contribution in [2.75, 3.05) is 7.11 Å². The van der Waals surface area contributed by atoms with Crippen molar-refractivity contribution in [1.82, 2.24) is 4.98 Å². The predicted molar refractivity (Wildman–Crippen MR) is 54.8 cm³/mol. The van der Waals surface area contributed by atoms with Gasteiger partial charge in [-0.1, -0.05) is 0 Å². The van der Waals surface area contributed by atoms with Crippen molar-refractivity contribution >= 4 is 26.0 Å². The first-order valence-electron chi connectivity index (χ1n) is 3.82. The Morgan fingerprint density at radius 3 is 2.50 bits per heavy atom. The van der Waals surface area contributed by atoms with Crippen molar-refractivity contribution in [2.24, 2.45) is 5.14 Å². The number of nitrogens with two attached hydrogens (primary N) is 1. The summed E-state index contributed by atoms with van der Waals surface area (Å²) in [6.45, 7) is 0. The Balaban J connectivity index is 3.53. The summed E-state index contributed by atoms with van der Waals surface area (Å²) in [5, 5.41) is 4.89. The number of methoxy groups -OCH3 is 1. The summed E-state index contributed by atoms with van der Waals surface area (Å²) in [6.07, 6.45) is -2.83. The minimum Gasteiger partial charge on any atom is -0.480 e. The van der Waals surface area contributed by atoms with E-state index in [4.69, 9.17) is 5.14 Å². The largest absolute Gasteiger partial charge is 0.480 e. The molecule has 1 aromatic heterocycles. The van der Waals surface area contributed by atoms with Crippen LogP contribution >= 0.6 is 15.9 Å². The number of halogens is 3. The van der Waals surface area contributed by atoms with E-state index in [0.29, 0.717) is 0 Å². The number of ether oxygens (including phenoxy) is 1. The van der Waals surface area contributed by atoms with Crippen molar-refractivity contribution in [3.05, 3.63) is 16.2 Å². The van der Waals surface area contributed by atoms with E-state index in [0.717, 1.165) is 13.2 Å². The lowest BCUT2D eigenvalue weighted by atomic mass is 10.3. The minimum absolute atomic E-state index is 0.114. The highest BCUT2D eigenvalue weighted by atomic mass is 79.9. The highest BCUT2D eigenvalue weighted by molar-refractivity contribution is 9.10. The van der Waals surface area contributed by atoms with Crippen LogP contribution in [0.4, 0.5) is 8.78 Å². The highest BCUT2D eigenvalue weighted by Gasteiger charge is 2.24. The second-order valence-corrected chi connectivity index (χ2v) is 5.07. The number of primary sulfonamides is 1. The van der Waals surface area contributed by atoms with Crippen LogP contribution in [0.3, 0.4) is 0 Å². The Morgan fingerprint density at radius 1 is 1.56 bits per heavy atom. The predicted octanol–water partition coefficient (Wildman–Crippen LogP) is 1.44. The molecule has 16 heavy (non-hydrogen) atoms. The van der Waals surface area contributed by atoms with Crippen molar-refractivity contribution in [3.63, 3.8) is 0 Å². The Bertz CT molecular complexity index is 507.